The van der Waals surface area contributed by atoms with Gasteiger partial charge in [0.2, 0.25) is 0 Å². The second kappa shape index (κ2) is 35.7. The fourth-order valence-corrected chi connectivity index (χ4v) is 6.18. The summed E-state index contributed by atoms with van der Waals surface area (Å²) in [4.78, 5) is 52.5. The maximum atomic E-state index is 12.6. The average Bonchev–Trinajstić information content (AvgIpc) is 3.16. The molecule has 0 fully saturated rings. The van der Waals surface area contributed by atoms with Gasteiger partial charge in [-0.25, -0.2) is 9.13 Å². The predicted molar refractivity (Wildman–Crippen MR) is 222 cm³/mol. The van der Waals surface area contributed by atoms with E-state index < -0.39 is 72.3 Å². The summed E-state index contributed by atoms with van der Waals surface area (Å²) in [5, 5.41) is 19.5. The average molecular weight is 851 g/mol. The number of aliphatic hydroxyl groups excluding tert-OH is 2. The molecule has 5 N–H and O–H groups in total. The highest BCUT2D eigenvalue weighted by atomic mass is 31.2. The first-order chi connectivity index (χ1) is 27.2. The summed E-state index contributed by atoms with van der Waals surface area (Å²) in [6.45, 7) is 3.72. The number of ether oxygens (including phenoxy) is 2. The fraction of sp³-hybridized carbons (Fsp3) is 0.707. The third-order valence-electron chi connectivity index (χ3n) is 8.53. The molecular formula is C41H72O14P2. The Labute approximate surface area is 341 Å². The quantitative estimate of drug-likeness (QED) is 0.0130. The maximum Gasteiger partial charge on any atom is 0.472 e. The Morgan fingerprint density at radius 3 is 1.89 bits per heavy atom. The Balaban J connectivity index is 4.71. The van der Waals surface area contributed by atoms with Crippen LogP contribution in [0, 0.1) is 5.92 Å². The molecule has 0 bridgehead atoms. The van der Waals surface area contributed by atoms with Gasteiger partial charge < -0.3 is 34.4 Å². The largest absolute Gasteiger partial charge is 0.472 e. The van der Waals surface area contributed by atoms with Gasteiger partial charge in [-0.05, 0) is 50.9 Å². The molecule has 0 aliphatic carbocycles. The Hall–Kier alpha value is -2.22. The van der Waals surface area contributed by atoms with Gasteiger partial charge in [-0.1, -0.05) is 139 Å². The monoisotopic (exact) mass is 850 g/mol. The third-order valence-corrected chi connectivity index (χ3v) is 9.96. The normalized spacial score (nSPS) is 15.9. The van der Waals surface area contributed by atoms with E-state index in [-0.39, 0.29) is 12.8 Å². The van der Waals surface area contributed by atoms with E-state index in [4.69, 9.17) is 23.8 Å². The van der Waals surface area contributed by atoms with Gasteiger partial charge in [0.25, 0.3) is 0 Å². The standard InChI is InChI=1S/C41H72O14P2/c1-4-6-28-37(42)29-24-20-16-11-9-7-8-10-12-18-22-26-31-41(45)55-39(35-54-57(49,50)53-33-38(43)32-52-56(46,47)48)34-51-40(44)30-25-21-17-14-13-15-19-23-27-36(3)5-2/h6-8,11-12,16,18,20,24,28,36-39,42-43H,4-5,9-10,13-15,17,19,21-23,25-27,29-35H2,1-3H3,(H,49,50)(H2,46,47,48)/b8-7-,16-11-,18-12-,24-20+,28-6-/t36?,37?,38-,39+/m0/s1. The summed E-state index contributed by atoms with van der Waals surface area (Å²) in [5.41, 5.74) is 0. The van der Waals surface area contributed by atoms with Crippen LogP contribution in [0.4, 0.5) is 0 Å². The first-order valence-electron chi connectivity index (χ1n) is 20.5. The number of phosphoric acid groups is 2. The summed E-state index contributed by atoms with van der Waals surface area (Å²) in [5.74, 6) is -0.343. The van der Waals surface area contributed by atoms with E-state index in [1.807, 2.05) is 61.6 Å². The first kappa shape index (κ1) is 54.8. The molecular weight excluding hydrogens is 778 g/mol. The lowest BCUT2D eigenvalue weighted by atomic mass is 9.99. The molecule has 330 valence electrons. The number of unbranched alkanes of at least 4 members (excludes halogenated alkanes) is 8. The molecule has 3 unspecified atom stereocenters. The van der Waals surface area contributed by atoms with Crippen molar-refractivity contribution in [2.75, 3.05) is 26.4 Å². The Kier molecular flexibility index (Phi) is 34.3. The lowest BCUT2D eigenvalue weighted by molar-refractivity contribution is -0.161. The number of carbonyl (C=O) groups excluding carboxylic acids is 2. The minimum atomic E-state index is -4.87. The molecule has 0 saturated carbocycles. The van der Waals surface area contributed by atoms with Crippen LogP contribution in [0.3, 0.4) is 0 Å². The van der Waals surface area contributed by atoms with Gasteiger partial charge in [0.05, 0.1) is 25.9 Å². The van der Waals surface area contributed by atoms with Crippen LogP contribution < -0.4 is 0 Å². The molecule has 14 nitrogen and oxygen atoms in total. The topological polar surface area (TPSA) is 216 Å². The summed E-state index contributed by atoms with van der Waals surface area (Å²) >= 11 is 0. The number of esters is 2. The van der Waals surface area contributed by atoms with Crippen molar-refractivity contribution >= 4 is 27.6 Å². The molecule has 0 aromatic rings. The molecule has 0 aromatic carbocycles. The fourth-order valence-electron chi connectivity index (χ4n) is 5.03. The smallest absolute Gasteiger partial charge is 0.462 e. The number of hydrogen-bond donors (Lipinski definition) is 5. The second-order valence-electron chi connectivity index (χ2n) is 14.0. The SMILES string of the molecule is CC/C=C\C(O)C/C=C/C=C\C/C=C\C/C=C\CCCC(=O)O[C@H](COC(=O)CCCCCCCCCCC(C)CC)COP(=O)(O)OC[C@@H](O)COP(=O)(O)O. The number of carbonyl (C=O) groups is 2. The molecule has 0 aliphatic heterocycles. The van der Waals surface area contributed by atoms with Crippen LogP contribution in [0.15, 0.2) is 60.8 Å². The summed E-state index contributed by atoms with van der Waals surface area (Å²) in [6, 6.07) is 0. The van der Waals surface area contributed by atoms with Crippen LogP contribution in [0.1, 0.15) is 136 Å². The zero-order chi connectivity index (χ0) is 42.6. The summed E-state index contributed by atoms with van der Waals surface area (Å²) < 4.78 is 47.6. The molecule has 0 spiro atoms. The number of allylic oxidation sites excluding steroid dienone is 8. The molecule has 0 rings (SSSR count). The van der Waals surface area contributed by atoms with E-state index in [0.29, 0.717) is 25.7 Å². The van der Waals surface area contributed by atoms with E-state index in [0.717, 1.165) is 44.4 Å². The van der Waals surface area contributed by atoms with Gasteiger partial charge in [-0.15, -0.1) is 0 Å². The van der Waals surface area contributed by atoms with Crippen molar-refractivity contribution < 1.29 is 66.7 Å². The molecule has 57 heavy (non-hydrogen) atoms. The highest BCUT2D eigenvalue weighted by Crippen LogP contribution is 2.43. The van der Waals surface area contributed by atoms with Crippen molar-refractivity contribution in [3.8, 4) is 0 Å². The van der Waals surface area contributed by atoms with E-state index in [2.05, 4.69) is 22.9 Å². The molecule has 0 saturated heterocycles. The van der Waals surface area contributed by atoms with Crippen molar-refractivity contribution in [3.63, 3.8) is 0 Å². The number of rotatable bonds is 37. The minimum absolute atomic E-state index is 0.0335. The minimum Gasteiger partial charge on any atom is -0.462 e. The predicted octanol–water partition coefficient (Wildman–Crippen LogP) is 8.88. The van der Waals surface area contributed by atoms with Gasteiger partial charge in [0, 0.05) is 12.8 Å². The number of phosphoric ester groups is 2. The van der Waals surface area contributed by atoms with E-state index >= 15 is 0 Å². The zero-order valence-corrected chi connectivity index (χ0v) is 36.2. The zero-order valence-electron chi connectivity index (χ0n) is 34.4. The first-order valence-corrected chi connectivity index (χ1v) is 23.5. The molecule has 16 heteroatoms. The molecule has 0 radical (unpaired) electrons. The lowest BCUT2D eigenvalue weighted by Gasteiger charge is -2.20. The van der Waals surface area contributed by atoms with E-state index in [1.165, 1.54) is 38.5 Å². The Morgan fingerprint density at radius 1 is 0.649 bits per heavy atom. The third kappa shape index (κ3) is 39.0. The van der Waals surface area contributed by atoms with Crippen molar-refractivity contribution in [2.24, 2.45) is 5.92 Å². The van der Waals surface area contributed by atoms with Crippen molar-refractivity contribution in [1.29, 1.82) is 0 Å². The molecule has 0 aromatic heterocycles. The highest BCUT2D eigenvalue weighted by molar-refractivity contribution is 7.47. The van der Waals surface area contributed by atoms with Gasteiger partial charge in [0.1, 0.15) is 12.7 Å². The lowest BCUT2D eigenvalue weighted by Crippen LogP contribution is -2.29. The van der Waals surface area contributed by atoms with Gasteiger partial charge in [-0.3, -0.25) is 23.2 Å². The summed E-state index contributed by atoms with van der Waals surface area (Å²) in [6.07, 6.45) is 31.5. The van der Waals surface area contributed by atoms with Crippen LogP contribution in [-0.4, -0.2) is 81.6 Å². The van der Waals surface area contributed by atoms with E-state index in [1.54, 1.807) is 6.08 Å². The molecule has 0 aliphatic rings. The van der Waals surface area contributed by atoms with Crippen LogP contribution in [0.5, 0.6) is 0 Å². The molecule has 0 heterocycles. The van der Waals surface area contributed by atoms with Gasteiger partial charge in [0.15, 0.2) is 6.10 Å². The van der Waals surface area contributed by atoms with Crippen molar-refractivity contribution in [3.05, 3.63) is 60.8 Å². The van der Waals surface area contributed by atoms with Crippen LogP contribution >= 0.6 is 15.6 Å². The Morgan fingerprint density at radius 2 is 1.23 bits per heavy atom. The van der Waals surface area contributed by atoms with Crippen LogP contribution in [-0.2, 0) is 41.8 Å². The maximum absolute atomic E-state index is 12.6. The van der Waals surface area contributed by atoms with E-state index in [9.17, 15) is 33.8 Å². The van der Waals surface area contributed by atoms with Crippen molar-refractivity contribution in [1.82, 2.24) is 0 Å². The number of hydrogen-bond acceptors (Lipinski definition) is 11. The van der Waals surface area contributed by atoms with Crippen LogP contribution in [0.25, 0.3) is 0 Å². The highest BCUT2D eigenvalue weighted by Gasteiger charge is 2.28. The summed E-state index contributed by atoms with van der Waals surface area (Å²) in [7, 11) is -9.70. The van der Waals surface area contributed by atoms with Gasteiger partial charge >= 0.3 is 27.6 Å². The molecule has 5 atom stereocenters. The van der Waals surface area contributed by atoms with Crippen molar-refractivity contribution in [2.45, 2.75) is 155 Å². The number of aliphatic hydroxyl groups is 2. The second-order valence-corrected chi connectivity index (χ2v) is 16.7. The van der Waals surface area contributed by atoms with Gasteiger partial charge in [-0.2, -0.15) is 0 Å². The Bertz CT molecular complexity index is 1280. The molecule has 0 amide bonds. The van der Waals surface area contributed by atoms with Crippen LogP contribution in [0.2, 0.25) is 0 Å².